The molecule has 196 valence electrons. The van der Waals surface area contributed by atoms with E-state index in [9.17, 15) is 24.1 Å². The second-order valence-corrected chi connectivity index (χ2v) is 10.5. The number of hydrogen-bond acceptors (Lipinski definition) is 5. The van der Waals surface area contributed by atoms with Crippen LogP contribution < -0.4 is 4.90 Å². The van der Waals surface area contributed by atoms with Crippen molar-refractivity contribution in [2.45, 2.75) is 46.0 Å². The minimum atomic E-state index is -0.766. The number of rotatable bonds is 3. The second-order valence-electron chi connectivity index (χ2n) is 10.5. The Balaban J connectivity index is 1.43. The number of hydrogen-bond donors (Lipinski definition) is 0. The number of nitro benzene ring substituents is 1. The summed E-state index contributed by atoms with van der Waals surface area (Å²) in [4.78, 5) is 45.5. The summed E-state index contributed by atoms with van der Waals surface area (Å²) in [7, 11) is 0. The Morgan fingerprint density at radius 2 is 1.68 bits per heavy atom. The maximum atomic E-state index is 14.7. The van der Waals surface area contributed by atoms with Crippen LogP contribution in [0.3, 0.4) is 0 Å². The fraction of sp³-hybridized carbons (Fsp3) is 0.345. The maximum Gasteiger partial charge on any atom is 0.276 e. The zero-order valence-electron chi connectivity index (χ0n) is 21.9. The van der Waals surface area contributed by atoms with Gasteiger partial charge in [0.25, 0.3) is 17.5 Å². The fourth-order valence-corrected chi connectivity index (χ4v) is 5.90. The molecule has 0 radical (unpaired) electrons. The summed E-state index contributed by atoms with van der Waals surface area (Å²) in [6, 6.07) is 11.9. The fourth-order valence-electron chi connectivity index (χ4n) is 5.90. The number of fused-ring (bicyclic) bond motifs is 2. The Labute approximate surface area is 220 Å². The Bertz CT molecular complexity index is 1470. The van der Waals surface area contributed by atoms with Crippen molar-refractivity contribution in [2.75, 3.05) is 24.5 Å². The highest BCUT2D eigenvalue weighted by Crippen LogP contribution is 2.48. The highest BCUT2D eigenvalue weighted by Gasteiger charge is 2.47. The van der Waals surface area contributed by atoms with E-state index in [4.69, 9.17) is 0 Å². The first-order valence-corrected chi connectivity index (χ1v) is 12.6. The number of aromatic nitrogens is 1. The van der Waals surface area contributed by atoms with Crippen LogP contribution in [-0.2, 0) is 5.41 Å². The van der Waals surface area contributed by atoms with E-state index in [1.807, 2.05) is 39.0 Å². The first-order valence-electron chi connectivity index (χ1n) is 12.6. The van der Waals surface area contributed by atoms with Crippen LogP contribution in [-0.4, -0.2) is 46.3 Å². The number of likely N-dealkylation sites (tertiary alicyclic amines) is 1. The van der Waals surface area contributed by atoms with Crippen LogP contribution in [0.15, 0.2) is 42.5 Å². The molecular formula is C29H29FN4O4. The SMILES string of the molecule is Cc1cc(C)nc(C(=O)N2CC3(CCN(C(=O)c4c(F)ccc([N+](=O)[O-])c4C)CC3)c3cc(C)ccc32)c1. The molecular weight excluding hydrogens is 487 g/mol. The van der Waals surface area contributed by atoms with Gasteiger partial charge in [-0.3, -0.25) is 19.7 Å². The Hall–Kier alpha value is -4.14. The molecule has 38 heavy (non-hydrogen) atoms. The van der Waals surface area contributed by atoms with Crippen molar-refractivity contribution in [3.63, 3.8) is 0 Å². The van der Waals surface area contributed by atoms with Crippen LogP contribution in [0.25, 0.3) is 0 Å². The molecule has 5 rings (SSSR count). The van der Waals surface area contributed by atoms with Gasteiger partial charge in [0.1, 0.15) is 11.5 Å². The summed E-state index contributed by atoms with van der Waals surface area (Å²) in [5.41, 5.74) is 4.28. The Morgan fingerprint density at radius 1 is 0.974 bits per heavy atom. The average molecular weight is 517 g/mol. The van der Waals surface area contributed by atoms with E-state index in [0.717, 1.165) is 40.2 Å². The number of benzene rings is 2. The van der Waals surface area contributed by atoms with Crippen LogP contribution in [0.1, 0.15) is 61.6 Å². The summed E-state index contributed by atoms with van der Waals surface area (Å²) in [6.45, 7) is 8.37. The summed E-state index contributed by atoms with van der Waals surface area (Å²) in [5.74, 6) is -1.47. The third-order valence-corrected chi connectivity index (χ3v) is 7.84. The standard InChI is InChI=1S/C29H29FN4O4/c1-17-5-7-25-21(14-17)29(16-33(25)27(35)23-15-18(2)13-19(3)31-23)9-11-32(12-10-29)28(36)26-20(4)24(34(37)38)8-6-22(26)30/h5-8,13-15H,9-12,16H2,1-4H3. The number of carbonyl (C=O) groups is 2. The third kappa shape index (κ3) is 4.21. The lowest BCUT2D eigenvalue weighted by atomic mass is 9.74. The number of piperidine rings is 1. The van der Waals surface area contributed by atoms with Crippen LogP contribution in [0, 0.1) is 43.6 Å². The molecule has 2 aliphatic rings. The van der Waals surface area contributed by atoms with Crippen molar-refractivity contribution in [1.29, 1.82) is 0 Å². The number of pyridine rings is 1. The van der Waals surface area contributed by atoms with E-state index in [1.54, 1.807) is 15.9 Å². The van der Waals surface area contributed by atoms with Crippen molar-refractivity contribution in [2.24, 2.45) is 0 Å². The summed E-state index contributed by atoms with van der Waals surface area (Å²) in [6.07, 6.45) is 1.16. The number of anilines is 1. The summed E-state index contributed by atoms with van der Waals surface area (Å²) < 4.78 is 14.7. The molecule has 2 amide bonds. The van der Waals surface area contributed by atoms with Crippen molar-refractivity contribution < 1.29 is 18.9 Å². The lowest BCUT2D eigenvalue weighted by molar-refractivity contribution is -0.385. The molecule has 0 unspecified atom stereocenters. The molecule has 9 heteroatoms. The summed E-state index contributed by atoms with van der Waals surface area (Å²) in [5, 5.41) is 11.3. The third-order valence-electron chi connectivity index (χ3n) is 7.84. The van der Waals surface area contributed by atoms with Crippen LogP contribution in [0.2, 0.25) is 0 Å². The number of halogens is 1. The minimum absolute atomic E-state index is 0.0276. The molecule has 3 aromatic rings. The molecule has 1 fully saturated rings. The summed E-state index contributed by atoms with van der Waals surface area (Å²) >= 11 is 0. The van der Waals surface area contributed by atoms with Crippen molar-refractivity contribution in [1.82, 2.24) is 9.88 Å². The van der Waals surface area contributed by atoms with Gasteiger partial charge in [0.05, 0.1) is 10.5 Å². The van der Waals surface area contributed by atoms with E-state index in [2.05, 4.69) is 11.1 Å². The molecule has 0 bridgehead atoms. The van der Waals surface area contributed by atoms with Gasteiger partial charge in [-0.2, -0.15) is 0 Å². The van der Waals surface area contributed by atoms with Crippen molar-refractivity contribution in [3.8, 4) is 0 Å². The molecule has 0 saturated carbocycles. The van der Waals surface area contributed by atoms with E-state index in [0.29, 0.717) is 38.2 Å². The monoisotopic (exact) mass is 516 g/mol. The lowest BCUT2D eigenvalue weighted by Gasteiger charge is -2.40. The predicted molar refractivity (Wildman–Crippen MR) is 141 cm³/mol. The maximum absolute atomic E-state index is 14.7. The molecule has 1 spiro atoms. The molecule has 2 aromatic carbocycles. The van der Waals surface area contributed by atoms with Gasteiger partial charge < -0.3 is 9.80 Å². The molecule has 1 aromatic heterocycles. The zero-order valence-corrected chi connectivity index (χ0v) is 21.9. The smallest absolute Gasteiger partial charge is 0.276 e. The number of nitrogens with zero attached hydrogens (tertiary/aromatic N) is 4. The molecule has 1 saturated heterocycles. The van der Waals surface area contributed by atoms with Gasteiger partial charge in [-0.1, -0.05) is 17.7 Å². The van der Waals surface area contributed by atoms with Gasteiger partial charge in [-0.25, -0.2) is 9.37 Å². The van der Waals surface area contributed by atoms with Crippen LogP contribution >= 0.6 is 0 Å². The first kappa shape index (κ1) is 25.5. The normalized spacial score (nSPS) is 16.0. The Morgan fingerprint density at radius 3 is 2.34 bits per heavy atom. The molecule has 2 aliphatic heterocycles. The van der Waals surface area contributed by atoms with Gasteiger partial charge in [-0.05, 0) is 75.9 Å². The number of carbonyl (C=O) groups excluding carboxylic acids is 2. The van der Waals surface area contributed by atoms with E-state index in [-0.39, 0.29) is 28.1 Å². The van der Waals surface area contributed by atoms with E-state index in [1.165, 1.54) is 6.92 Å². The molecule has 8 nitrogen and oxygen atoms in total. The molecule has 0 N–H and O–H groups in total. The van der Waals surface area contributed by atoms with Crippen LogP contribution in [0.5, 0.6) is 0 Å². The zero-order chi connectivity index (χ0) is 27.4. The van der Waals surface area contributed by atoms with Crippen molar-refractivity contribution in [3.05, 3.63) is 97.6 Å². The number of amides is 2. The van der Waals surface area contributed by atoms with Gasteiger partial charge in [0.2, 0.25) is 0 Å². The lowest BCUT2D eigenvalue weighted by Crippen LogP contribution is -2.48. The van der Waals surface area contributed by atoms with Gasteiger partial charge in [0.15, 0.2) is 0 Å². The van der Waals surface area contributed by atoms with E-state index < -0.39 is 16.6 Å². The molecule has 3 heterocycles. The topological polar surface area (TPSA) is 96.7 Å². The quantitative estimate of drug-likeness (QED) is 0.352. The predicted octanol–water partition coefficient (Wildman–Crippen LogP) is 5.20. The van der Waals surface area contributed by atoms with Crippen molar-refractivity contribution >= 4 is 23.2 Å². The van der Waals surface area contributed by atoms with Gasteiger partial charge in [0, 0.05) is 48.1 Å². The highest BCUT2D eigenvalue weighted by atomic mass is 19.1. The largest absolute Gasteiger partial charge is 0.338 e. The molecule has 0 atom stereocenters. The minimum Gasteiger partial charge on any atom is -0.338 e. The van der Waals surface area contributed by atoms with Gasteiger partial charge in [-0.15, -0.1) is 0 Å². The number of nitro groups is 1. The Kier molecular flexibility index (Phi) is 6.25. The van der Waals surface area contributed by atoms with Gasteiger partial charge >= 0.3 is 0 Å². The number of aryl methyl sites for hydroxylation is 3. The first-order chi connectivity index (χ1) is 18.0. The average Bonchev–Trinajstić information content (AvgIpc) is 3.16. The second kappa shape index (κ2) is 9.31. The highest BCUT2D eigenvalue weighted by molar-refractivity contribution is 6.06. The van der Waals surface area contributed by atoms with E-state index >= 15 is 0 Å². The van der Waals surface area contributed by atoms with Crippen LogP contribution in [0.4, 0.5) is 15.8 Å². The molecule has 0 aliphatic carbocycles.